The normalized spacial score (nSPS) is 10.8. The molecule has 0 aliphatic carbocycles. The molecule has 1 N–H and O–H groups in total. The summed E-state index contributed by atoms with van der Waals surface area (Å²) in [7, 11) is 3.34. The summed E-state index contributed by atoms with van der Waals surface area (Å²) in [4.78, 5) is 3.33. The maximum atomic E-state index is 5.36. The summed E-state index contributed by atoms with van der Waals surface area (Å²) < 4.78 is 10.6. The smallest absolute Gasteiger partial charge is 0.160 e. The number of hydrogen-bond acceptors (Lipinski definition) is 2. The minimum atomic E-state index is 0.780. The number of benzene rings is 2. The lowest BCUT2D eigenvalue weighted by molar-refractivity contribution is 0.354. The number of fused-ring (bicyclic) bond motifs is 1. The molecule has 3 aromatic rings. The monoisotopic (exact) mass is 295 g/mol. The zero-order valence-corrected chi connectivity index (χ0v) is 13.1. The number of rotatable bonds is 6. The first-order chi connectivity index (χ1) is 10.8. The highest BCUT2D eigenvalue weighted by Crippen LogP contribution is 2.28. The van der Waals surface area contributed by atoms with Crippen LogP contribution in [0.3, 0.4) is 0 Å². The Kier molecular flexibility index (Phi) is 4.33. The van der Waals surface area contributed by atoms with Crippen LogP contribution in [0.4, 0.5) is 0 Å². The van der Waals surface area contributed by atoms with E-state index in [-0.39, 0.29) is 0 Å². The van der Waals surface area contributed by atoms with Gasteiger partial charge in [-0.2, -0.15) is 0 Å². The molecule has 3 rings (SSSR count). The summed E-state index contributed by atoms with van der Waals surface area (Å²) in [6.45, 7) is 0. The molecule has 0 spiro atoms. The van der Waals surface area contributed by atoms with Crippen molar-refractivity contribution in [3.05, 3.63) is 59.8 Å². The second-order valence-corrected chi connectivity index (χ2v) is 5.40. The van der Waals surface area contributed by atoms with Gasteiger partial charge in [-0.25, -0.2) is 0 Å². The van der Waals surface area contributed by atoms with E-state index in [4.69, 9.17) is 9.47 Å². The molecule has 1 aromatic heterocycles. The van der Waals surface area contributed by atoms with E-state index in [9.17, 15) is 0 Å². The maximum absolute atomic E-state index is 5.36. The van der Waals surface area contributed by atoms with E-state index in [2.05, 4.69) is 47.6 Å². The molecular formula is C19H21NO2. The van der Waals surface area contributed by atoms with Crippen molar-refractivity contribution < 1.29 is 9.47 Å². The lowest BCUT2D eigenvalue weighted by atomic mass is 10.0. The van der Waals surface area contributed by atoms with Crippen LogP contribution in [-0.4, -0.2) is 19.2 Å². The average Bonchev–Trinajstić information content (AvgIpc) is 2.98. The highest BCUT2D eigenvalue weighted by atomic mass is 16.5. The Hall–Kier alpha value is -2.42. The van der Waals surface area contributed by atoms with E-state index in [1.807, 2.05) is 6.07 Å². The number of ether oxygens (including phenoxy) is 2. The van der Waals surface area contributed by atoms with Crippen LogP contribution in [0, 0.1) is 0 Å². The first-order valence-electron chi connectivity index (χ1n) is 7.57. The number of aromatic amines is 1. The highest BCUT2D eigenvalue weighted by Gasteiger charge is 2.06. The Balaban J connectivity index is 1.66. The second kappa shape index (κ2) is 6.56. The Bertz CT molecular complexity index is 761. The van der Waals surface area contributed by atoms with Gasteiger partial charge in [0.25, 0.3) is 0 Å². The predicted octanol–water partition coefficient (Wildman–Crippen LogP) is 4.36. The molecule has 1 heterocycles. The summed E-state index contributed by atoms with van der Waals surface area (Å²) in [5, 5.41) is 1.33. The molecule has 3 nitrogen and oxygen atoms in total. The third kappa shape index (κ3) is 2.93. The number of H-pyrrole nitrogens is 1. The number of hydrogen-bond donors (Lipinski definition) is 1. The summed E-state index contributed by atoms with van der Waals surface area (Å²) in [5.74, 6) is 1.58. The van der Waals surface area contributed by atoms with E-state index in [1.165, 1.54) is 22.0 Å². The minimum absolute atomic E-state index is 0.780. The molecule has 3 heteroatoms. The predicted molar refractivity (Wildman–Crippen MR) is 89.9 cm³/mol. The molecule has 0 unspecified atom stereocenters. The van der Waals surface area contributed by atoms with Crippen molar-refractivity contribution >= 4 is 10.9 Å². The first kappa shape index (κ1) is 14.5. The zero-order chi connectivity index (χ0) is 15.4. The molecule has 0 saturated heterocycles. The zero-order valence-electron chi connectivity index (χ0n) is 13.1. The fourth-order valence-corrected chi connectivity index (χ4v) is 2.86. The van der Waals surface area contributed by atoms with Gasteiger partial charge in [-0.1, -0.05) is 24.3 Å². The summed E-state index contributed by atoms with van der Waals surface area (Å²) >= 11 is 0. The van der Waals surface area contributed by atoms with Crippen LogP contribution in [0.1, 0.15) is 17.5 Å². The Morgan fingerprint density at radius 1 is 0.909 bits per heavy atom. The van der Waals surface area contributed by atoms with Crippen molar-refractivity contribution in [2.75, 3.05) is 14.2 Å². The number of para-hydroxylation sites is 1. The molecule has 0 aliphatic heterocycles. The fraction of sp³-hybridized carbons (Fsp3) is 0.263. The number of aryl methyl sites for hydroxylation is 2. The number of aromatic nitrogens is 1. The van der Waals surface area contributed by atoms with Gasteiger partial charge in [0, 0.05) is 17.1 Å². The SMILES string of the molecule is COc1ccc(CCCc2c[nH]c3ccccc23)cc1OC. The van der Waals surface area contributed by atoms with Crippen molar-refractivity contribution in [3.63, 3.8) is 0 Å². The summed E-state index contributed by atoms with van der Waals surface area (Å²) in [6.07, 6.45) is 5.33. The molecule has 2 aromatic carbocycles. The van der Waals surface area contributed by atoms with Gasteiger partial charge in [0.15, 0.2) is 11.5 Å². The van der Waals surface area contributed by atoms with Crippen LogP contribution in [-0.2, 0) is 12.8 Å². The van der Waals surface area contributed by atoms with Crippen molar-refractivity contribution in [1.82, 2.24) is 4.98 Å². The number of nitrogens with one attached hydrogen (secondary N) is 1. The van der Waals surface area contributed by atoms with E-state index < -0.39 is 0 Å². The van der Waals surface area contributed by atoms with Crippen LogP contribution < -0.4 is 9.47 Å². The largest absolute Gasteiger partial charge is 0.493 e. The Morgan fingerprint density at radius 2 is 1.73 bits per heavy atom. The lowest BCUT2D eigenvalue weighted by Gasteiger charge is -2.09. The Labute approximate surface area is 130 Å². The number of methoxy groups -OCH3 is 2. The van der Waals surface area contributed by atoms with Gasteiger partial charge in [0.2, 0.25) is 0 Å². The van der Waals surface area contributed by atoms with E-state index in [0.717, 1.165) is 30.8 Å². The van der Waals surface area contributed by atoms with Crippen molar-refractivity contribution in [1.29, 1.82) is 0 Å². The molecule has 22 heavy (non-hydrogen) atoms. The standard InChI is InChI=1S/C19H21NO2/c1-21-18-11-10-14(12-19(18)22-2)6-5-7-15-13-20-17-9-4-3-8-16(15)17/h3-4,8-13,20H,5-7H2,1-2H3. The molecular weight excluding hydrogens is 274 g/mol. The minimum Gasteiger partial charge on any atom is -0.493 e. The third-order valence-corrected chi connectivity index (χ3v) is 4.03. The molecule has 0 radical (unpaired) electrons. The van der Waals surface area contributed by atoms with Crippen LogP contribution in [0.2, 0.25) is 0 Å². The van der Waals surface area contributed by atoms with Gasteiger partial charge in [-0.15, -0.1) is 0 Å². The molecule has 0 atom stereocenters. The van der Waals surface area contributed by atoms with Crippen molar-refractivity contribution in [2.45, 2.75) is 19.3 Å². The molecule has 0 fully saturated rings. The van der Waals surface area contributed by atoms with E-state index in [1.54, 1.807) is 14.2 Å². The van der Waals surface area contributed by atoms with Crippen LogP contribution >= 0.6 is 0 Å². The van der Waals surface area contributed by atoms with Crippen LogP contribution in [0.25, 0.3) is 10.9 Å². The topological polar surface area (TPSA) is 34.2 Å². The first-order valence-corrected chi connectivity index (χ1v) is 7.57. The Morgan fingerprint density at radius 3 is 2.55 bits per heavy atom. The molecule has 0 amide bonds. The van der Waals surface area contributed by atoms with Gasteiger partial charge in [0.1, 0.15) is 0 Å². The van der Waals surface area contributed by atoms with Crippen molar-refractivity contribution in [2.24, 2.45) is 0 Å². The van der Waals surface area contributed by atoms with E-state index in [0.29, 0.717) is 0 Å². The lowest BCUT2D eigenvalue weighted by Crippen LogP contribution is -1.94. The van der Waals surface area contributed by atoms with Gasteiger partial charge >= 0.3 is 0 Å². The second-order valence-electron chi connectivity index (χ2n) is 5.40. The van der Waals surface area contributed by atoms with Gasteiger partial charge in [-0.3, -0.25) is 0 Å². The van der Waals surface area contributed by atoms with Gasteiger partial charge in [0.05, 0.1) is 14.2 Å². The highest BCUT2D eigenvalue weighted by molar-refractivity contribution is 5.82. The van der Waals surface area contributed by atoms with Crippen LogP contribution in [0.15, 0.2) is 48.7 Å². The van der Waals surface area contributed by atoms with Crippen LogP contribution in [0.5, 0.6) is 11.5 Å². The maximum Gasteiger partial charge on any atom is 0.160 e. The van der Waals surface area contributed by atoms with Gasteiger partial charge in [-0.05, 0) is 48.6 Å². The summed E-state index contributed by atoms with van der Waals surface area (Å²) in [5.41, 5.74) is 3.87. The summed E-state index contributed by atoms with van der Waals surface area (Å²) in [6, 6.07) is 14.6. The van der Waals surface area contributed by atoms with Crippen molar-refractivity contribution in [3.8, 4) is 11.5 Å². The van der Waals surface area contributed by atoms with Gasteiger partial charge < -0.3 is 14.5 Å². The molecule has 114 valence electrons. The average molecular weight is 295 g/mol. The molecule has 0 aliphatic rings. The quantitative estimate of drug-likeness (QED) is 0.733. The third-order valence-electron chi connectivity index (χ3n) is 4.03. The van der Waals surface area contributed by atoms with E-state index >= 15 is 0 Å². The fourth-order valence-electron chi connectivity index (χ4n) is 2.86. The molecule has 0 saturated carbocycles. The molecule has 0 bridgehead atoms.